The zero-order valence-electron chi connectivity index (χ0n) is 8.75. The third-order valence-electron chi connectivity index (χ3n) is 1.53. The molecule has 0 aromatic carbocycles. The van der Waals surface area contributed by atoms with Gasteiger partial charge in [-0.1, -0.05) is 23.2 Å². The molecule has 0 saturated heterocycles. The fraction of sp³-hybridized carbons (Fsp3) is 0.400. The predicted molar refractivity (Wildman–Crippen MR) is 64.7 cm³/mol. The SMILES string of the molecule is CCOC(=O)c1nc(N)sc1C#CCCCl. The standard InChI is InChI=1S/C10H11ClN2O2S/c1-2-15-9(14)8-7(5-3-4-6-11)16-10(12)13-8/h2,4,6H2,1H3,(H2,12,13). The number of anilines is 1. The molecule has 16 heavy (non-hydrogen) atoms. The second-order valence-corrected chi connectivity index (χ2v) is 4.10. The van der Waals surface area contributed by atoms with Crippen molar-refractivity contribution in [1.82, 2.24) is 4.98 Å². The van der Waals surface area contributed by atoms with Crippen LogP contribution < -0.4 is 5.73 Å². The maximum Gasteiger partial charge on any atom is 0.359 e. The van der Waals surface area contributed by atoms with Gasteiger partial charge in [-0.2, -0.15) is 0 Å². The topological polar surface area (TPSA) is 65.2 Å². The largest absolute Gasteiger partial charge is 0.461 e. The van der Waals surface area contributed by atoms with E-state index >= 15 is 0 Å². The highest BCUT2D eigenvalue weighted by atomic mass is 35.5. The lowest BCUT2D eigenvalue weighted by Crippen LogP contribution is -2.06. The summed E-state index contributed by atoms with van der Waals surface area (Å²) in [6.45, 7) is 2.03. The minimum absolute atomic E-state index is 0.187. The smallest absolute Gasteiger partial charge is 0.359 e. The highest BCUT2D eigenvalue weighted by Crippen LogP contribution is 2.20. The van der Waals surface area contributed by atoms with E-state index in [-0.39, 0.29) is 5.69 Å². The minimum Gasteiger partial charge on any atom is -0.461 e. The van der Waals surface area contributed by atoms with E-state index in [1.165, 1.54) is 11.3 Å². The molecular formula is C10H11ClN2O2S. The van der Waals surface area contributed by atoms with Gasteiger partial charge in [0.25, 0.3) is 0 Å². The Bertz CT molecular complexity index is 434. The van der Waals surface area contributed by atoms with E-state index in [4.69, 9.17) is 22.1 Å². The number of nitrogens with two attached hydrogens (primary N) is 1. The molecule has 0 atom stereocenters. The van der Waals surface area contributed by atoms with Crippen LogP contribution in [0, 0.1) is 11.8 Å². The Kier molecular flexibility index (Phi) is 5.09. The Morgan fingerprint density at radius 1 is 1.69 bits per heavy atom. The molecule has 86 valence electrons. The van der Waals surface area contributed by atoms with E-state index < -0.39 is 5.97 Å². The maximum absolute atomic E-state index is 11.5. The summed E-state index contributed by atoms with van der Waals surface area (Å²) in [5.41, 5.74) is 5.71. The second-order valence-electron chi connectivity index (χ2n) is 2.69. The maximum atomic E-state index is 11.5. The van der Waals surface area contributed by atoms with Crippen LogP contribution in [0.25, 0.3) is 0 Å². The summed E-state index contributed by atoms with van der Waals surface area (Å²) in [4.78, 5) is 15.9. The molecule has 0 fully saturated rings. The second kappa shape index (κ2) is 6.36. The summed E-state index contributed by atoms with van der Waals surface area (Å²) in [5.74, 6) is 5.60. The summed E-state index contributed by atoms with van der Waals surface area (Å²) >= 11 is 6.66. The Morgan fingerprint density at radius 2 is 2.44 bits per heavy atom. The van der Waals surface area contributed by atoms with Crippen LogP contribution in [0.1, 0.15) is 28.7 Å². The zero-order chi connectivity index (χ0) is 12.0. The number of hydrogen-bond acceptors (Lipinski definition) is 5. The summed E-state index contributed by atoms with van der Waals surface area (Å²) in [6, 6.07) is 0. The van der Waals surface area contributed by atoms with Gasteiger partial charge in [0.2, 0.25) is 0 Å². The van der Waals surface area contributed by atoms with Crippen LogP contribution in [0.5, 0.6) is 0 Å². The van der Waals surface area contributed by atoms with Crippen molar-refractivity contribution in [2.24, 2.45) is 0 Å². The van der Waals surface area contributed by atoms with Gasteiger partial charge >= 0.3 is 5.97 Å². The summed E-state index contributed by atoms with van der Waals surface area (Å²) in [6.07, 6.45) is 0.557. The molecule has 1 heterocycles. The number of alkyl halides is 1. The third-order valence-corrected chi connectivity index (χ3v) is 2.52. The molecule has 0 saturated carbocycles. The molecule has 1 aromatic heterocycles. The number of carbonyl (C=O) groups is 1. The fourth-order valence-electron chi connectivity index (χ4n) is 0.949. The van der Waals surface area contributed by atoms with Gasteiger partial charge in [0, 0.05) is 12.3 Å². The lowest BCUT2D eigenvalue weighted by atomic mass is 10.3. The van der Waals surface area contributed by atoms with Crippen LogP contribution >= 0.6 is 22.9 Å². The van der Waals surface area contributed by atoms with Crippen LogP contribution in [-0.2, 0) is 4.74 Å². The number of ether oxygens (including phenoxy) is 1. The Labute approximate surface area is 103 Å². The minimum atomic E-state index is -0.495. The molecule has 1 aromatic rings. The number of nitrogen functional groups attached to an aromatic ring is 1. The Hall–Kier alpha value is -1.25. The molecule has 4 nitrogen and oxygen atoms in total. The van der Waals surface area contributed by atoms with Gasteiger partial charge in [-0.3, -0.25) is 0 Å². The fourth-order valence-corrected chi connectivity index (χ4v) is 1.74. The summed E-state index contributed by atoms with van der Waals surface area (Å²) < 4.78 is 4.84. The normalized spacial score (nSPS) is 9.38. The van der Waals surface area contributed by atoms with Crippen molar-refractivity contribution < 1.29 is 9.53 Å². The highest BCUT2D eigenvalue weighted by Gasteiger charge is 2.16. The molecule has 0 aliphatic heterocycles. The van der Waals surface area contributed by atoms with Gasteiger partial charge in [-0.15, -0.1) is 11.6 Å². The van der Waals surface area contributed by atoms with E-state index in [0.29, 0.717) is 28.9 Å². The van der Waals surface area contributed by atoms with Gasteiger partial charge in [0.1, 0.15) is 4.88 Å². The molecule has 1 rings (SSSR count). The number of hydrogen-bond donors (Lipinski definition) is 1. The van der Waals surface area contributed by atoms with Crippen LogP contribution in [0.2, 0.25) is 0 Å². The van der Waals surface area contributed by atoms with Gasteiger partial charge in [0.05, 0.1) is 6.61 Å². The van der Waals surface area contributed by atoms with Crippen LogP contribution in [-0.4, -0.2) is 23.4 Å². The number of esters is 1. The number of nitrogens with zero attached hydrogens (tertiary/aromatic N) is 1. The molecule has 0 bridgehead atoms. The average Bonchev–Trinajstić information content (AvgIpc) is 2.61. The van der Waals surface area contributed by atoms with Crippen molar-refractivity contribution in [1.29, 1.82) is 0 Å². The van der Waals surface area contributed by atoms with E-state index in [2.05, 4.69) is 16.8 Å². The van der Waals surface area contributed by atoms with Crippen molar-refractivity contribution in [3.05, 3.63) is 10.6 Å². The number of thiazole rings is 1. The number of carbonyl (C=O) groups excluding carboxylic acids is 1. The lowest BCUT2D eigenvalue weighted by Gasteiger charge is -1.97. The molecule has 0 radical (unpaired) electrons. The summed E-state index contributed by atoms with van der Waals surface area (Å²) in [7, 11) is 0. The van der Waals surface area contributed by atoms with Crippen molar-refractivity contribution >= 4 is 34.0 Å². The van der Waals surface area contributed by atoms with Crippen molar-refractivity contribution in [2.45, 2.75) is 13.3 Å². The molecule has 0 aliphatic carbocycles. The third kappa shape index (κ3) is 3.40. The molecule has 6 heteroatoms. The van der Waals surface area contributed by atoms with E-state index in [1.54, 1.807) is 6.92 Å². The molecule has 0 unspecified atom stereocenters. The average molecular weight is 259 g/mol. The van der Waals surface area contributed by atoms with E-state index in [1.807, 2.05) is 0 Å². The van der Waals surface area contributed by atoms with Crippen molar-refractivity contribution in [3.63, 3.8) is 0 Å². The number of rotatable bonds is 3. The monoisotopic (exact) mass is 258 g/mol. The number of halogens is 1. The van der Waals surface area contributed by atoms with E-state index in [9.17, 15) is 4.79 Å². The quantitative estimate of drug-likeness (QED) is 0.511. The molecule has 0 spiro atoms. The Morgan fingerprint density at radius 3 is 3.06 bits per heavy atom. The first-order valence-corrected chi connectivity index (χ1v) is 6.02. The van der Waals surface area contributed by atoms with Crippen LogP contribution in [0.4, 0.5) is 5.13 Å². The Balaban J connectivity index is 2.92. The summed E-state index contributed by atoms with van der Waals surface area (Å²) in [5, 5.41) is 0.304. The highest BCUT2D eigenvalue weighted by molar-refractivity contribution is 7.16. The van der Waals surface area contributed by atoms with Crippen molar-refractivity contribution in [2.75, 3.05) is 18.2 Å². The molecule has 0 amide bonds. The zero-order valence-corrected chi connectivity index (χ0v) is 10.3. The van der Waals surface area contributed by atoms with Gasteiger partial charge in [-0.05, 0) is 6.92 Å². The molecule has 2 N–H and O–H groups in total. The number of aromatic nitrogens is 1. The predicted octanol–water partition coefficient (Wildman–Crippen LogP) is 1.88. The van der Waals surface area contributed by atoms with Crippen LogP contribution in [0.3, 0.4) is 0 Å². The lowest BCUT2D eigenvalue weighted by molar-refractivity contribution is 0.0520. The van der Waals surface area contributed by atoms with Crippen molar-refractivity contribution in [3.8, 4) is 11.8 Å². The first-order chi connectivity index (χ1) is 7.69. The van der Waals surface area contributed by atoms with Crippen LogP contribution in [0.15, 0.2) is 0 Å². The van der Waals surface area contributed by atoms with Gasteiger partial charge in [0.15, 0.2) is 10.8 Å². The van der Waals surface area contributed by atoms with E-state index in [0.717, 1.165) is 0 Å². The molecule has 0 aliphatic rings. The first-order valence-electron chi connectivity index (χ1n) is 4.67. The van der Waals surface area contributed by atoms with Gasteiger partial charge < -0.3 is 10.5 Å². The molecular weight excluding hydrogens is 248 g/mol. The van der Waals surface area contributed by atoms with Gasteiger partial charge in [-0.25, -0.2) is 9.78 Å². The first kappa shape index (κ1) is 12.8.